The molecular weight excluding hydrogens is 186 g/mol. The number of allylic oxidation sites excluding steroid dienone is 2. The molecule has 0 amide bonds. The lowest BCUT2D eigenvalue weighted by molar-refractivity contribution is -0.115. The first-order valence-corrected chi connectivity index (χ1v) is 5.29. The van der Waals surface area contributed by atoms with E-state index in [0.29, 0.717) is 12.3 Å². The van der Waals surface area contributed by atoms with E-state index in [1.54, 1.807) is 6.08 Å². The van der Waals surface area contributed by atoms with Crippen molar-refractivity contribution in [1.29, 1.82) is 0 Å². The Balaban J connectivity index is 2.09. The van der Waals surface area contributed by atoms with E-state index in [9.17, 15) is 4.79 Å². The fourth-order valence-electron chi connectivity index (χ4n) is 1.90. The highest BCUT2D eigenvalue weighted by Gasteiger charge is 2.16. The average molecular weight is 201 g/mol. The molecule has 0 spiro atoms. The largest absolute Gasteiger partial charge is 0.359 e. The van der Waals surface area contributed by atoms with Crippen LogP contribution in [0.15, 0.2) is 42.1 Å². The lowest BCUT2D eigenvalue weighted by Crippen LogP contribution is -2.15. The summed E-state index contributed by atoms with van der Waals surface area (Å²) < 4.78 is 0. The van der Waals surface area contributed by atoms with Gasteiger partial charge in [0.2, 0.25) is 0 Å². The summed E-state index contributed by atoms with van der Waals surface area (Å²) in [6.45, 7) is 2.11. The van der Waals surface area contributed by atoms with E-state index in [4.69, 9.17) is 0 Å². The zero-order valence-electron chi connectivity index (χ0n) is 8.86. The second-order valence-corrected chi connectivity index (χ2v) is 4.14. The van der Waals surface area contributed by atoms with Gasteiger partial charge >= 0.3 is 0 Å². The summed E-state index contributed by atoms with van der Waals surface area (Å²) in [7, 11) is 0. The van der Waals surface area contributed by atoms with Crippen molar-refractivity contribution in [3.63, 3.8) is 0 Å². The Bertz CT molecular complexity index is 381. The normalized spacial score (nSPS) is 21.0. The van der Waals surface area contributed by atoms with Crippen LogP contribution in [0.4, 0.5) is 5.69 Å². The molecule has 0 heterocycles. The van der Waals surface area contributed by atoms with Crippen LogP contribution in [0, 0.1) is 5.92 Å². The van der Waals surface area contributed by atoms with Gasteiger partial charge in [0.15, 0.2) is 5.78 Å². The lowest BCUT2D eigenvalue weighted by Gasteiger charge is -2.19. The summed E-state index contributed by atoms with van der Waals surface area (Å²) in [5, 5.41) is 3.28. The first-order valence-electron chi connectivity index (χ1n) is 5.29. The quantitative estimate of drug-likeness (QED) is 0.797. The van der Waals surface area contributed by atoms with Crippen LogP contribution < -0.4 is 5.32 Å². The van der Waals surface area contributed by atoms with Crippen molar-refractivity contribution in [2.24, 2.45) is 5.92 Å². The van der Waals surface area contributed by atoms with Gasteiger partial charge in [0, 0.05) is 23.9 Å². The summed E-state index contributed by atoms with van der Waals surface area (Å²) in [6, 6.07) is 9.96. The minimum absolute atomic E-state index is 0.229. The van der Waals surface area contributed by atoms with Gasteiger partial charge in [0.25, 0.3) is 0 Å². The number of nitrogens with one attached hydrogen (secondary N) is 1. The molecule has 0 fully saturated rings. The third-order valence-electron chi connectivity index (χ3n) is 2.53. The zero-order chi connectivity index (χ0) is 10.7. The number of hydrogen-bond donors (Lipinski definition) is 1. The molecule has 0 unspecified atom stereocenters. The smallest absolute Gasteiger partial charge is 0.157 e. The highest BCUT2D eigenvalue weighted by molar-refractivity contribution is 5.91. The van der Waals surface area contributed by atoms with Crippen LogP contribution in [0.25, 0.3) is 0 Å². The maximum absolute atomic E-state index is 11.4. The molecule has 1 aliphatic carbocycles. The highest BCUT2D eigenvalue weighted by Crippen LogP contribution is 2.22. The molecule has 0 radical (unpaired) electrons. The molecule has 2 rings (SSSR count). The summed E-state index contributed by atoms with van der Waals surface area (Å²) >= 11 is 0. The fraction of sp³-hybridized carbons (Fsp3) is 0.308. The molecule has 2 heteroatoms. The number of benzene rings is 1. The van der Waals surface area contributed by atoms with Gasteiger partial charge in [-0.3, -0.25) is 4.79 Å². The van der Waals surface area contributed by atoms with Crippen molar-refractivity contribution < 1.29 is 4.79 Å². The first kappa shape index (κ1) is 9.97. The standard InChI is InChI=1S/C13H15NO/c1-10-7-12(9-13(15)8-10)14-11-5-3-2-4-6-11/h2-6,9-10,14H,7-8H2,1H3/t10-/m1/s1. The summed E-state index contributed by atoms with van der Waals surface area (Å²) in [4.78, 5) is 11.4. The highest BCUT2D eigenvalue weighted by atomic mass is 16.1. The molecule has 0 bridgehead atoms. The topological polar surface area (TPSA) is 29.1 Å². The fourth-order valence-corrected chi connectivity index (χ4v) is 1.90. The molecule has 1 aliphatic rings. The van der Waals surface area contributed by atoms with E-state index in [0.717, 1.165) is 17.8 Å². The monoisotopic (exact) mass is 201 g/mol. The minimum atomic E-state index is 0.229. The SMILES string of the molecule is C[C@H]1CC(=O)C=C(Nc2ccccc2)C1. The van der Waals surface area contributed by atoms with Crippen molar-refractivity contribution in [2.45, 2.75) is 19.8 Å². The molecule has 0 aromatic heterocycles. The van der Waals surface area contributed by atoms with Gasteiger partial charge in [-0.2, -0.15) is 0 Å². The summed E-state index contributed by atoms with van der Waals surface area (Å²) in [6.07, 6.45) is 3.37. The number of hydrogen-bond acceptors (Lipinski definition) is 2. The first-order chi connectivity index (χ1) is 7.24. The van der Waals surface area contributed by atoms with E-state index in [-0.39, 0.29) is 5.78 Å². The summed E-state index contributed by atoms with van der Waals surface area (Å²) in [5.41, 5.74) is 2.08. The second kappa shape index (κ2) is 4.30. The van der Waals surface area contributed by atoms with Gasteiger partial charge in [-0.25, -0.2) is 0 Å². The zero-order valence-corrected chi connectivity index (χ0v) is 8.86. The Morgan fingerprint density at radius 3 is 2.60 bits per heavy atom. The van der Waals surface area contributed by atoms with Crippen molar-refractivity contribution >= 4 is 11.5 Å². The van der Waals surface area contributed by atoms with Crippen LogP contribution in [0.2, 0.25) is 0 Å². The van der Waals surface area contributed by atoms with Gasteiger partial charge < -0.3 is 5.32 Å². The third kappa shape index (κ3) is 2.69. The molecule has 0 aliphatic heterocycles. The molecule has 0 saturated carbocycles. The number of para-hydroxylation sites is 1. The van der Waals surface area contributed by atoms with Gasteiger partial charge in [-0.15, -0.1) is 0 Å². The Morgan fingerprint density at radius 2 is 1.93 bits per heavy atom. The maximum atomic E-state index is 11.4. The molecule has 15 heavy (non-hydrogen) atoms. The molecule has 1 aromatic carbocycles. The van der Waals surface area contributed by atoms with Crippen molar-refractivity contribution in [2.75, 3.05) is 5.32 Å². The van der Waals surface area contributed by atoms with Crippen LogP contribution >= 0.6 is 0 Å². The number of ketones is 1. The van der Waals surface area contributed by atoms with Crippen LogP contribution in [0.1, 0.15) is 19.8 Å². The number of carbonyl (C=O) groups excluding carboxylic acids is 1. The van der Waals surface area contributed by atoms with E-state index in [1.165, 1.54) is 0 Å². The number of carbonyl (C=O) groups is 1. The Hall–Kier alpha value is -1.57. The average Bonchev–Trinajstić information content (AvgIpc) is 2.17. The van der Waals surface area contributed by atoms with Crippen LogP contribution in [-0.2, 0) is 4.79 Å². The molecular formula is C13H15NO. The van der Waals surface area contributed by atoms with E-state index < -0.39 is 0 Å². The van der Waals surface area contributed by atoms with Gasteiger partial charge in [-0.1, -0.05) is 25.1 Å². The lowest BCUT2D eigenvalue weighted by atomic mass is 9.93. The minimum Gasteiger partial charge on any atom is -0.359 e. The van der Waals surface area contributed by atoms with Crippen molar-refractivity contribution in [3.05, 3.63) is 42.1 Å². The van der Waals surface area contributed by atoms with E-state index >= 15 is 0 Å². The van der Waals surface area contributed by atoms with Gasteiger partial charge in [0.05, 0.1) is 0 Å². The van der Waals surface area contributed by atoms with Crippen LogP contribution in [0.5, 0.6) is 0 Å². The molecule has 1 N–H and O–H groups in total. The van der Waals surface area contributed by atoms with Gasteiger partial charge in [-0.05, 0) is 24.5 Å². The molecule has 1 aromatic rings. The Kier molecular flexibility index (Phi) is 2.86. The molecule has 78 valence electrons. The molecule has 1 atom stereocenters. The van der Waals surface area contributed by atoms with E-state index in [2.05, 4.69) is 12.2 Å². The van der Waals surface area contributed by atoms with Crippen molar-refractivity contribution in [3.8, 4) is 0 Å². The van der Waals surface area contributed by atoms with E-state index in [1.807, 2.05) is 30.3 Å². The van der Waals surface area contributed by atoms with Crippen molar-refractivity contribution in [1.82, 2.24) is 0 Å². The third-order valence-corrected chi connectivity index (χ3v) is 2.53. The maximum Gasteiger partial charge on any atom is 0.157 e. The molecule has 0 saturated heterocycles. The Labute approximate surface area is 90.0 Å². The van der Waals surface area contributed by atoms with Crippen LogP contribution in [-0.4, -0.2) is 5.78 Å². The predicted molar refractivity (Wildman–Crippen MR) is 61.6 cm³/mol. The molecule has 2 nitrogen and oxygen atoms in total. The predicted octanol–water partition coefficient (Wildman–Crippen LogP) is 2.98. The number of rotatable bonds is 2. The van der Waals surface area contributed by atoms with Crippen LogP contribution in [0.3, 0.4) is 0 Å². The number of anilines is 1. The summed E-state index contributed by atoms with van der Waals surface area (Å²) in [5.74, 6) is 0.681. The Morgan fingerprint density at radius 1 is 1.20 bits per heavy atom. The second-order valence-electron chi connectivity index (χ2n) is 4.14. The van der Waals surface area contributed by atoms with Gasteiger partial charge in [0.1, 0.15) is 0 Å².